The Bertz CT molecular complexity index is 549. The van der Waals surface area contributed by atoms with Gasteiger partial charge in [-0.1, -0.05) is 40.9 Å². The molecule has 0 amide bonds. The van der Waals surface area contributed by atoms with Gasteiger partial charge in [-0.15, -0.1) is 11.8 Å². The highest BCUT2D eigenvalue weighted by Gasteiger charge is 2.06. The van der Waals surface area contributed by atoms with Crippen molar-refractivity contribution in [1.29, 1.82) is 0 Å². The van der Waals surface area contributed by atoms with E-state index in [1.165, 1.54) is 23.0 Å². The molecular weight excluding hydrogens is 264 g/mol. The van der Waals surface area contributed by atoms with Crippen molar-refractivity contribution in [2.45, 2.75) is 31.6 Å². The number of aryl methyl sites for hydroxylation is 2. The van der Waals surface area contributed by atoms with Gasteiger partial charge in [0, 0.05) is 11.3 Å². The molecule has 0 bridgehead atoms. The number of rotatable bonds is 3. The second kappa shape index (κ2) is 5.72. The number of benzene rings is 1. The van der Waals surface area contributed by atoms with Crippen molar-refractivity contribution < 1.29 is 0 Å². The van der Waals surface area contributed by atoms with Gasteiger partial charge >= 0.3 is 0 Å². The second-order valence-corrected chi connectivity index (χ2v) is 5.70. The van der Waals surface area contributed by atoms with E-state index in [9.17, 15) is 0 Å². The quantitative estimate of drug-likeness (QED) is 0.617. The van der Waals surface area contributed by atoms with Gasteiger partial charge in [-0.3, -0.25) is 0 Å². The summed E-state index contributed by atoms with van der Waals surface area (Å²) in [6.45, 7) is 6.19. The van der Waals surface area contributed by atoms with Crippen molar-refractivity contribution in [3.05, 3.63) is 51.9 Å². The zero-order valence-electron chi connectivity index (χ0n) is 10.7. The van der Waals surface area contributed by atoms with Gasteiger partial charge in [0.2, 0.25) is 0 Å². The van der Waals surface area contributed by atoms with Crippen molar-refractivity contribution >= 4 is 23.4 Å². The van der Waals surface area contributed by atoms with E-state index < -0.39 is 0 Å². The largest absolute Gasteiger partial charge is 0.230 e. The highest BCUT2D eigenvalue weighted by Crippen LogP contribution is 2.27. The zero-order valence-corrected chi connectivity index (χ0v) is 12.3. The van der Waals surface area contributed by atoms with Crippen molar-refractivity contribution in [2.24, 2.45) is 0 Å². The maximum atomic E-state index is 5.98. The minimum Gasteiger partial charge on any atom is -0.230 e. The first-order valence-electron chi connectivity index (χ1n) is 5.73. The van der Waals surface area contributed by atoms with E-state index in [0.29, 0.717) is 5.15 Å². The van der Waals surface area contributed by atoms with E-state index >= 15 is 0 Å². The summed E-state index contributed by atoms with van der Waals surface area (Å²) in [4.78, 5) is 8.23. The van der Waals surface area contributed by atoms with Gasteiger partial charge < -0.3 is 0 Å². The summed E-state index contributed by atoms with van der Waals surface area (Å²) in [5.41, 5.74) is 4.85. The molecule has 0 aliphatic heterocycles. The third-order valence-electron chi connectivity index (χ3n) is 2.63. The maximum absolute atomic E-state index is 5.98. The van der Waals surface area contributed by atoms with Crippen molar-refractivity contribution in [2.75, 3.05) is 0 Å². The molecule has 94 valence electrons. The predicted molar refractivity (Wildman–Crippen MR) is 77.3 cm³/mol. The average molecular weight is 279 g/mol. The molecule has 1 aromatic heterocycles. The Morgan fingerprint density at radius 1 is 1.06 bits per heavy atom. The third kappa shape index (κ3) is 3.24. The van der Waals surface area contributed by atoms with Crippen LogP contribution in [0.2, 0.25) is 5.15 Å². The molecule has 0 radical (unpaired) electrons. The lowest BCUT2D eigenvalue weighted by Gasteiger charge is -2.07. The summed E-state index contributed by atoms with van der Waals surface area (Å²) in [6.07, 6.45) is 1.51. The molecule has 0 aliphatic rings. The fourth-order valence-electron chi connectivity index (χ4n) is 1.86. The van der Waals surface area contributed by atoms with Gasteiger partial charge in [-0.25, -0.2) is 9.97 Å². The van der Waals surface area contributed by atoms with Gasteiger partial charge in [0.1, 0.15) is 16.5 Å². The summed E-state index contributed by atoms with van der Waals surface area (Å²) in [7, 11) is 0. The molecule has 2 rings (SSSR count). The van der Waals surface area contributed by atoms with E-state index in [4.69, 9.17) is 11.6 Å². The van der Waals surface area contributed by atoms with Crippen LogP contribution in [-0.4, -0.2) is 9.97 Å². The Kier molecular flexibility index (Phi) is 4.25. The number of hydrogen-bond donors (Lipinski definition) is 0. The molecule has 0 fully saturated rings. The van der Waals surface area contributed by atoms with E-state index in [1.807, 2.05) is 6.92 Å². The Morgan fingerprint density at radius 2 is 1.72 bits per heavy atom. The Morgan fingerprint density at radius 3 is 2.39 bits per heavy atom. The smallest absolute Gasteiger partial charge is 0.136 e. The first kappa shape index (κ1) is 13.4. The number of thioether (sulfide) groups is 1. The molecule has 0 unspecified atom stereocenters. The molecule has 2 nitrogen and oxygen atoms in total. The number of aromatic nitrogens is 2. The molecule has 0 atom stereocenters. The first-order chi connectivity index (χ1) is 8.56. The molecule has 1 heterocycles. The van der Waals surface area contributed by atoms with Crippen LogP contribution in [0.15, 0.2) is 29.6 Å². The third-order valence-corrected chi connectivity index (χ3v) is 4.18. The van der Waals surface area contributed by atoms with E-state index in [2.05, 4.69) is 42.0 Å². The van der Waals surface area contributed by atoms with Crippen LogP contribution in [0.3, 0.4) is 0 Å². The van der Waals surface area contributed by atoms with Crippen LogP contribution in [0, 0.1) is 20.8 Å². The average Bonchev–Trinajstić information content (AvgIpc) is 2.30. The summed E-state index contributed by atoms with van der Waals surface area (Å²) < 4.78 is 0. The minimum absolute atomic E-state index is 0.535. The molecule has 2 aromatic rings. The number of halogens is 1. The molecule has 0 aliphatic carbocycles. The molecule has 1 aromatic carbocycles. The predicted octanol–water partition coefficient (Wildman–Crippen LogP) is 4.35. The van der Waals surface area contributed by atoms with Crippen LogP contribution in [-0.2, 0) is 5.75 Å². The molecule has 18 heavy (non-hydrogen) atoms. The fraction of sp³-hybridized carbons (Fsp3) is 0.286. The van der Waals surface area contributed by atoms with Crippen molar-refractivity contribution in [1.82, 2.24) is 9.97 Å². The molecular formula is C14H15ClN2S. The van der Waals surface area contributed by atoms with Crippen LogP contribution >= 0.6 is 23.4 Å². The normalized spacial score (nSPS) is 10.7. The molecule has 0 saturated heterocycles. The summed E-state index contributed by atoms with van der Waals surface area (Å²) in [5, 5.41) is 1.49. The van der Waals surface area contributed by atoms with Gasteiger partial charge in [0.25, 0.3) is 0 Å². The van der Waals surface area contributed by atoms with E-state index in [1.54, 1.807) is 11.8 Å². The summed E-state index contributed by atoms with van der Waals surface area (Å²) >= 11 is 7.68. The first-order valence-corrected chi connectivity index (χ1v) is 7.09. The lowest BCUT2D eigenvalue weighted by atomic mass is 10.1. The minimum atomic E-state index is 0.535. The van der Waals surface area contributed by atoms with Crippen LogP contribution in [0.1, 0.15) is 22.3 Å². The van der Waals surface area contributed by atoms with Crippen LogP contribution in [0.25, 0.3) is 0 Å². The zero-order chi connectivity index (χ0) is 13.1. The van der Waals surface area contributed by atoms with Gasteiger partial charge in [-0.2, -0.15) is 0 Å². The van der Waals surface area contributed by atoms with Crippen LogP contribution < -0.4 is 0 Å². The highest BCUT2D eigenvalue weighted by atomic mass is 35.5. The van der Waals surface area contributed by atoms with E-state index in [0.717, 1.165) is 16.3 Å². The number of nitrogens with zero attached hydrogens (tertiary/aromatic N) is 2. The summed E-state index contributed by atoms with van der Waals surface area (Å²) in [5.74, 6) is 0.900. The van der Waals surface area contributed by atoms with Crippen molar-refractivity contribution in [3.8, 4) is 0 Å². The Hall–Kier alpha value is -1.06. The lowest BCUT2D eigenvalue weighted by molar-refractivity contribution is 1.00. The standard InChI is InChI=1S/C14H15ClN2S/c1-9-4-10(2)6-12(5-9)7-18-14-11(3)13(15)16-8-17-14/h4-6,8H,7H2,1-3H3. The topological polar surface area (TPSA) is 25.8 Å². The Balaban J connectivity index is 2.14. The van der Waals surface area contributed by atoms with Gasteiger partial charge in [-0.05, 0) is 26.3 Å². The summed E-state index contributed by atoms with van der Waals surface area (Å²) in [6, 6.07) is 6.59. The van der Waals surface area contributed by atoms with Crippen LogP contribution in [0.4, 0.5) is 0 Å². The fourth-order valence-corrected chi connectivity index (χ4v) is 2.96. The van der Waals surface area contributed by atoms with Crippen LogP contribution in [0.5, 0.6) is 0 Å². The SMILES string of the molecule is Cc1cc(C)cc(CSc2ncnc(Cl)c2C)c1. The van der Waals surface area contributed by atoms with Gasteiger partial charge in [0.15, 0.2) is 0 Å². The second-order valence-electron chi connectivity index (χ2n) is 4.38. The molecule has 4 heteroatoms. The van der Waals surface area contributed by atoms with E-state index in [-0.39, 0.29) is 0 Å². The monoisotopic (exact) mass is 278 g/mol. The highest BCUT2D eigenvalue weighted by molar-refractivity contribution is 7.98. The van der Waals surface area contributed by atoms with Crippen molar-refractivity contribution in [3.63, 3.8) is 0 Å². The molecule has 0 spiro atoms. The maximum Gasteiger partial charge on any atom is 0.136 e. The molecule has 0 N–H and O–H groups in total. The Labute approximate surface area is 117 Å². The van der Waals surface area contributed by atoms with Gasteiger partial charge in [0.05, 0.1) is 0 Å². The molecule has 0 saturated carbocycles. The number of hydrogen-bond acceptors (Lipinski definition) is 3. The lowest BCUT2D eigenvalue weighted by Crippen LogP contribution is -1.91.